The van der Waals surface area contributed by atoms with Crippen LogP contribution in [0.2, 0.25) is 0 Å². The molecule has 21 heavy (non-hydrogen) atoms. The average Bonchev–Trinajstić information content (AvgIpc) is 2.51. The standard InChI is InChI=1S/C15H20N2O4/c1-14(2)8-15(3,4)11-7-9(5-6-10(11)14)17(13(20)21)16-12(18)19/h5-7,16H,8H2,1-4H3,(H,18,19)(H,20,21). The molecule has 1 aromatic carbocycles. The van der Waals surface area contributed by atoms with Gasteiger partial charge < -0.3 is 10.2 Å². The second-order valence-electron chi connectivity index (χ2n) is 6.71. The Bertz CT molecular complexity index is 608. The molecule has 6 heteroatoms. The molecule has 0 aliphatic heterocycles. The number of nitrogens with zero attached hydrogens (tertiary/aromatic N) is 1. The summed E-state index contributed by atoms with van der Waals surface area (Å²) in [5.74, 6) is 0. The predicted molar refractivity (Wildman–Crippen MR) is 78.8 cm³/mol. The van der Waals surface area contributed by atoms with E-state index in [2.05, 4.69) is 27.7 Å². The highest BCUT2D eigenvalue weighted by atomic mass is 16.4. The highest BCUT2D eigenvalue weighted by Gasteiger charge is 2.42. The van der Waals surface area contributed by atoms with Crippen LogP contribution in [-0.4, -0.2) is 22.4 Å². The lowest BCUT2D eigenvalue weighted by Gasteiger charge is -2.23. The summed E-state index contributed by atoms with van der Waals surface area (Å²) in [5, 5.41) is 18.5. The van der Waals surface area contributed by atoms with Crippen molar-refractivity contribution in [2.75, 3.05) is 5.01 Å². The van der Waals surface area contributed by atoms with Crippen LogP contribution >= 0.6 is 0 Å². The van der Waals surface area contributed by atoms with Crippen molar-refractivity contribution in [1.29, 1.82) is 0 Å². The molecule has 0 bridgehead atoms. The number of fused-ring (bicyclic) bond motifs is 1. The van der Waals surface area contributed by atoms with E-state index in [9.17, 15) is 9.59 Å². The lowest BCUT2D eigenvalue weighted by Crippen LogP contribution is -2.45. The summed E-state index contributed by atoms with van der Waals surface area (Å²) in [4.78, 5) is 22.0. The fraction of sp³-hybridized carbons (Fsp3) is 0.467. The van der Waals surface area contributed by atoms with Gasteiger partial charge in [0.1, 0.15) is 0 Å². The van der Waals surface area contributed by atoms with Crippen molar-refractivity contribution in [3.05, 3.63) is 29.3 Å². The van der Waals surface area contributed by atoms with E-state index in [1.165, 1.54) is 5.56 Å². The summed E-state index contributed by atoms with van der Waals surface area (Å²) >= 11 is 0. The number of hydrogen-bond donors (Lipinski definition) is 3. The van der Waals surface area contributed by atoms with Gasteiger partial charge in [0.05, 0.1) is 5.69 Å². The lowest BCUT2D eigenvalue weighted by atomic mass is 9.82. The van der Waals surface area contributed by atoms with Gasteiger partial charge in [-0.25, -0.2) is 15.0 Å². The van der Waals surface area contributed by atoms with Gasteiger partial charge in [-0.15, -0.1) is 0 Å². The van der Waals surface area contributed by atoms with Crippen molar-refractivity contribution in [2.45, 2.75) is 44.9 Å². The molecule has 0 saturated carbocycles. The molecule has 0 saturated heterocycles. The molecule has 0 heterocycles. The summed E-state index contributed by atoms with van der Waals surface area (Å²) in [5.41, 5.74) is 4.36. The Morgan fingerprint density at radius 2 is 1.67 bits per heavy atom. The Hall–Kier alpha value is -2.24. The molecule has 1 aliphatic carbocycles. The van der Waals surface area contributed by atoms with Crippen molar-refractivity contribution in [3.8, 4) is 0 Å². The molecule has 6 nitrogen and oxygen atoms in total. The smallest absolute Gasteiger partial charge is 0.431 e. The third-order valence-electron chi connectivity index (χ3n) is 4.00. The topological polar surface area (TPSA) is 89.9 Å². The van der Waals surface area contributed by atoms with Gasteiger partial charge in [-0.1, -0.05) is 33.8 Å². The zero-order chi connectivity index (χ0) is 16.0. The number of nitrogens with one attached hydrogen (secondary N) is 1. The van der Waals surface area contributed by atoms with Gasteiger partial charge in [0.25, 0.3) is 0 Å². The normalized spacial score (nSPS) is 17.9. The Morgan fingerprint density at radius 3 is 2.19 bits per heavy atom. The maximum Gasteiger partial charge on any atom is 0.431 e. The fourth-order valence-corrected chi connectivity index (χ4v) is 3.44. The quantitative estimate of drug-likeness (QED) is 0.693. The van der Waals surface area contributed by atoms with Gasteiger partial charge in [0, 0.05) is 0 Å². The number of hydrogen-bond acceptors (Lipinski definition) is 2. The first-order valence-corrected chi connectivity index (χ1v) is 6.72. The van der Waals surface area contributed by atoms with Gasteiger partial charge in [-0.05, 0) is 40.5 Å². The van der Waals surface area contributed by atoms with E-state index in [0.717, 1.165) is 12.0 Å². The molecule has 0 radical (unpaired) electrons. The third kappa shape index (κ3) is 2.66. The first-order chi connectivity index (χ1) is 9.54. The van der Waals surface area contributed by atoms with E-state index in [1.54, 1.807) is 12.1 Å². The lowest BCUT2D eigenvalue weighted by molar-refractivity contribution is 0.181. The van der Waals surface area contributed by atoms with E-state index in [0.29, 0.717) is 10.7 Å². The molecular weight excluding hydrogens is 272 g/mol. The number of anilines is 1. The average molecular weight is 292 g/mol. The molecule has 0 aromatic heterocycles. The van der Waals surface area contributed by atoms with Crippen LogP contribution in [-0.2, 0) is 10.8 Å². The summed E-state index contributed by atoms with van der Waals surface area (Å²) < 4.78 is 0. The van der Waals surface area contributed by atoms with E-state index < -0.39 is 12.2 Å². The molecule has 2 amide bonds. The number of rotatable bonds is 1. The zero-order valence-corrected chi connectivity index (χ0v) is 12.6. The third-order valence-corrected chi connectivity index (χ3v) is 4.00. The van der Waals surface area contributed by atoms with Gasteiger partial charge in [0.2, 0.25) is 0 Å². The number of carboxylic acid groups (broad SMARTS) is 2. The maximum absolute atomic E-state index is 11.2. The van der Waals surface area contributed by atoms with Gasteiger partial charge in [0.15, 0.2) is 0 Å². The van der Waals surface area contributed by atoms with Crippen LogP contribution < -0.4 is 10.4 Å². The minimum atomic E-state index is -1.42. The molecular formula is C15H20N2O4. The molecule has 3 N–H and O–H groups in total. The minimum absolute atomic E-state index is 0.0195. The Labute approximate surface area is 123 Å². The number of carbonyl (C=O) groups is 2. The minimum Gasteiger partial charge on any atom is -0.464 e. The molecule has 114 valence electrons. The predicted octanol–water partition coefficient (Wildman–Crippen LogP) is 3.31. The second-order valence-corrected chi connectivity index (χ2v) is 6.71. The van der Waals surface area contributed by atoms with Crippen LogP contribution in [0.3, 0.4) is 0 Å². The van der Waals surface area contributed by atoms with Gasteiger partial charge in [-0.3, -0.25) is 0 Å². The maximum atomic E-state index is 11.2. The van der Waals surface area contributed by atoms with Crippen LogP contribution in [0.1, 0.15) is 45.2 Å². The summed E-state index contributed by atoms with van der Waals surface area (Å²) in [6.07, 6.45) is -1.83. The van der Waals surface area contributed by atoms with Crippen molar-refractivity contribution in [3.63, 3.8) is 0 Å². The van der Waals surface area contributed by atoms with Gasteiger partial charge in [-0.2, -0.15) is 5.01 Å². The molecule has 1 aromatic rings. The molecule has 0 spiro atoms. The van der Waals surface area contributed by atoms with E-state index in [-0.39, 0.29) is 10.8 Å². The second kappa shape index (κ2) is 4.65. The number of benzene rings is 1. The summed E-state index contributed by atoms with van der Waals surface area (Å²) in [6, 6.07) is 5.28. The number of hydrazine groups is 1. The van der Waals surface area contributed by atoms with Crippen LogP contribution in [0, 0.1) is 0 Å². The highest BCUT2D eigenvalue weighted by Crippen LogP contribution is 2.50. The molecule has 0 unspecified atom stereocenters. The van der Waals surface area contributed by atoms with E-state index in [4.69, 9.17) is 10.2 Å². The fourth-order valence-electron chi connectivity index (χ4n) is 3.44. The van der Waals surface area contributed by atoms with Crippen LogP contribution in [0.25, 0.3) is 0 Å². The van der Waals surface area contributed by atoms with Crippen molar-refractivity contribution in [1.82, 2.24) is 5.43 Å². The van der Waals surface area contributed by atoms with E-state index >= 15 is 0 Å². The molecule has 1 aliphatic rings. The van der Waals surface area contributed by atoms with Crippen molar-refractivity contribution in [2.24, 2.45) is 0 Å². The Kier molecular flexibility index (Phi) is 3.35. The van der Waals surface area contributed by atoms with Crippen LogP contribution in [0.5, 0.6) is 0 Å². The van der Waals surface area contributed by atoms with Crippen LogP contribution in [0.4, 0.5) is 15.3 Å². The molecule has 2 rings (SSSR count). The summed E-state index contributed by atoms with van der Waals surface area (Å²) in [6.45, 7) is 8.54. The number of amides is 2. The van der Waals surface area contributed by atoms with Gasteiger partial charge >= 0.3 is 12.2 Å². The molecule has 0 fully saturated rings. The zero-order valence-electron chi connectivity index (χ0n) is 12.6. The SMILES string of the molecule is CC1(C)CC(C)(C)c2cc(N(NC(=O)O)C(=O)O)ccc21. The monoisotopic (exact) mass is 292 g/mol. The Morgan fingerprint density at radius 1 is 1.10 bits per heavy atom. The molecule has 0 atom stereocenters. The van der Waals surface area contributed by atoms with Crippen molar-refractivity contribution < 1.29 is 19.8 Å². The van der Waals surface area contributed by atoms with Crippen LogP contribution in [0.15, 0.2) is 18.2 Å². The van der Waals surface area contributed by atoms with Crippen molar-refractivity contribution >= 4 is 17.9 Å². The highest BCUT2D eigenvalue weighted by molar-refractivity contribution is 5.89. The summed E-state index contributed by atoms with van der Waals surface area (Å²) in [7, 11) is 0. The largest absolute Gasteiger partial charge is 0.464 e. The Balaban J connectivity index is 2.50. The first kappa shape index (κ1) is 15.2. The van der Waals surface area contributed by atoms with E-state index in [1.807, 2.05) is 11.5 Å². The first-order valence-electron chi connectivity index (χ1n) is 6.72.